The van der Waals surface area contributed by atoms with E-state index in [4.69, 9.17) is 15.2 Å². The predicted octanol–water partition coefficient (Wildman–Crippen LogP) is 1.72. The third-order valence-electron chi connectivity index (χ3n) is 4.56. The van der Waals surface area contributed by atoms with Gasteiger partial charge in [0.15, 0.2) is 0 Å². The van der Waals surface area contributed by atoms with Gasteiger partial charge in [-0.25, -0.2) is 0 Å². The van der Waals surface area contributed by atoms with Gasteiger partial charge in [-0.2, -0.15) is 0 Å². The zero-order valence-corrected chi connectivity index (χ0v) is 15.3. The number of carbonyl (C=O) groups excluding carboxylic acids is 2. The van der Waals surface area contributed by atoms with E-state index in [-0.39, 0.29) is 12.0 Å². The van der Waals surface area contributed by atoms with Gasteiger partial charge in [0.2, 0.25) is 5.91 Å². The highest BCUT2D eigenvalue weighted by molar-refractivity contribution is 5.95. The van der Waals surface area contributed by atoms with Crippen molar-refractivity contribution in [2.24, 2.45) is 5.73 Å². The fourth-order valence-electron chi connectivity index (χ4n) is 3.05. The number of pyridine rings is 1. The zero-order chi connectivity index (χ0) is 19.2. The number of benzene rings is 1. The van der Waals surface area contributed by atoms with Crippen LogP contribution < -0.4 is 5.73 Å². The quantitative estimate of drug-likeness (QED) is 0.837. The lowest BCUT2D eigenvalue weighted by Gasteiger charge is -2.33. The van der Waals surface area contributed by atoms with Gasteiger partial charge in [-0.15, -0.1) is 0 Å². The third-order valence-corrected chi connectivity index (χ3v) is 4.56. The lowest BCUT2D eigenvalue weighted by molar-refractivity contribution is -0.0332. The van der Waals surface area contributed by atoms with E-state index in [9.17, 15) is 9.59 Å². The maximum atomic E-state index is 12.8. The monoisotopic (exact) mass is 369 g/mol. The van der Waals surface area contributed by atoms with Crippen molar-refractivity contribution in [2.45, 2.75) is 12.5 Å². The van der Waals surface area contributed by atoms with Crippen LogP contribution in [0.25, 0.3) is 11.1 Å². The molecule has 1 atom stereocenters. The molecule has 1 aromatic heterocycles. The molecule has 2 amide bonds. The fraction of sp³-hybridized carbons (Fsp3) is 0.350. The molecule has 1 fully saturated rings. The van der Waals surface area contributed by atoms with Gasteiger partial charge in [-0.3, -0.25) is 14.6 Å². The molecule has 3 rings (SSSR count). The molecule has 0 radical (unpaired) electrons. The molecule has 2 heterocycles. The molecule has 1 aliphatic heterocycles. The maximum absolute atomic E-state index is 12.8. The highest BCUT2D eigenvalue weighted by atomic mass is 16.5. The van der Waals surface area contributed by atoms with Crippen LogP contribution in [0.2, 0.25) is 0 Å². The Morgan fingerprint density at radius 1 is 1.22 bits per heavy atom. The van der Waals surface area contributed by atoms with Crippen LogP contribution in [0.15, 0.2) is 42.7 Å². The Bertz CT molecular complexity index is 807. The maximum Gasteiger partial charge on any atom is 0.254 e. The van der Waals surface area contributed by atoms with Crippen LogP contribution in [-0.2, 0) is 9.47 Å². The van der Waals surface area contributed by atoms with E-state index in [1.165, 1.54) is 6.20 Å². The van der Waals surface area contributed by atoms with Gasteiger partial charge in [0.1, 0.15) is 0 Å². The van der Waals surface area contributed by atoms with Crippen LogP contribution in [0.3, 0.4) is 0 Å². The molecule has 0 spiro atoms. The van der Waals surface area contributed by atoms with Crippen LogP contribution >= 0.6 is 0 Å². The number of rotatable bonds is 6. The van der Waals surface area contributed by atoms with Crippen molar-refractivity contribution in [3.05, 3.63) is 53.9 Å². The van der Waals surface area contributed by atoms with Crippen molar-refractivity contribution >= 4 is 11.8 Å². The molecule has 1 aliphatic rings. The first-order valence-corrected chi connectivity index (χ1v) is 8.83. The van der Waals surface area contributed by atoms with Crippen molar-refractivity contribution in [1.29, 1.82) is 0 Å². The summed E-state index contributed by atoms with van der Waals surface area (Å²) >= 11 is 0. The number of hydrogen-bond donors (Lipinski definition) is 1. The molecule has 1 saturated heterocycles. The standard InChI is InChI=1S/C20H23N3O4/c1-26-8-6-18-13-23(7-9-27-18)20(25)15-4-2-14(3-5-15)16-10-17(19(21)24)12-22-11-16/h2-5,10-12,18H,6-9,13H2,1H3,(H2,21,24)/t18-/m1/s1. The molecule has 0 saturated carbocycles. The summed E-state index contributed by atoms with van der Waals surface area (Å²) in [7, 11) is 1.65. The Hall–Kier alpha value is -2.77. The van der Waals surface area contributed by atoms with Gasteiger partial charge in [0, 0.05) is 50.3 Å². The summed E-state index contributed by atoms with van der Waals surface area (Å²) in [6.07, 6.45) is 3.86. The minimum absolute atomic E-state index is 0.00420. The molecule has 2 aromatic rings. The summed E-state index contributed by atoms with van der Waals surface area (Å²) in [4.78, 5) is 29.9. The Labute approximate surface area is 158 Å². The zero-order valence-electron chi connectivity index (χ0n) is 15.3. The number of methoxy groups -OCH3 is 1. The van der Waals surface area contributed by atoms with Crippen molar-refractivity contribution in [2.75, 3.05) is 33.4 Å². The summed E-state index contributed by atoms with van der Waals surface area (Å²) < 4.78 is 10.8. The summed E-state index contributed by atoms with van der Waals surface area (Å²) in [5, 5.41) is 0. The number of hydrogen-bond acceptors (Lipinski definition) is 5. The highest BCUT2D eigenvalue weighted by Crippen LogP contribution is 2.21. The summed E-state index contributed by atoms with van der Waals surface area (Å²) in [5.74, 6) is -0.539. The molecule has 0 aliphatic carbocycles. The molecular formula is C20H23N3O4. The first-order chi connectivity index (χ1) is 13.1. The van der Waals surface area contributed by atoms with Crippen molar-refractivity contribution < 1.29 is 19.1 Å². The molecule has 0 unspecified atom stereocenters. The molecule has 1 aromatic carbocycles. The Kier molecular flexibility index (Phi) is 6.16. The minimum Gasteiger partial charge on any atom is -0.385 e. The summed E-state index contributed by atoms with van der Waals surface area (Å²) in [6, 6.07) is 8.95. The molecule has 2 N–H and O–H groups in total. The van der Waals surface area contributed by atoms with E-state index < -0.39 is 5.91 Å². The molecule has 0 bridgehead atoms. The van der Waals surface area contributed by atoms with Crippen molar-refractivity contribution in [1.82, 2.24) is 9.88 Å². The van der Waals surface area contributed by atoms with Crippen LogP contribution in [0.4, 0.5) is 0 Å². The Morgan fingerprint density at radius 3 is 2.70 bits per heavy atom. The third kappa shape index (κ3) is 4.69. The number of amides is 2. The number of carbonyl (C=O) groups is 2. The van der Waals surface area contributed by atoms with E-state index in [0.717, 1.165) is 17.5 Å². The van der Waals surface area contributed by atoms with Crippen LogP contribution in [0.5, 0.6) is 0 Å². The predicted molar refractivity (Wildman–Crippen MR) is 100 cm³/mol. The molecule has 7 heteroatoms. The van der Waals surface area contributed by atoms with Crippen LogP contribution in [0, 0.1) is 0 Å². The molecule has 7 nitrogen and oxygen atoms in total. The first-order valence-electron chi connectivity index (χ1n) is 8.83. The number of ether oxygens (including phenoxy) is 2. The fourth-order valence-corrected chi connectivity index (χ4v) is 3.05. The van der Waals surface area contributed by atoms with Crippen molar-refractivity contribution in [3.63, 3.8) is 0 Å². The smallest absolute Gasteiger partial charge is 0.254 e. The van der Waals surface area contributed by atoms with Gasteiger partial charge in [-0.1, -0.05) is 12.1 Å². The molecule has 142 valence electrons. The Balaban J connectivity index is 1.70. The average Bonchev–Trinajstić information content (AvgIpc) is 2.72. The van der Waals surface area contributed by atoms with E-state index >= 15 is 0 Å². The number of nitrogens with zero attached hydrogens (tertiary/aromatic N) is 2. The number of morpholine rings is 1. The van der Waals surface area contributed by atoms with E-state index in [1.807, 2.05) is 17.0 Å². The summed E-state index contributed by atoms with van der Waals surface area (Å²) in [6.45, 7) is 2.28. The van der Waals surface area contributed by atoms with Gasteiger partial charge in [-0.05, 0) is 30.2 Å². The van der Waals surface area contributed by atoms with E-state index in [0.29, 0.717) is 37.4 Å². The second-order valence-corrected chi connectivity index (χ2v) is 6.43. The van der Waals surface area contributed by atoms with E-state index in [2.05, 4.69) is 4.98 Å². The van der Waals surface area contributed by atoms with Crippen LogP contribution in [0.1, 0.15) is 27.1 Å². The van der Waals surface area contributed by atoms with Gasteiger partial charge >= 0.3 is 0 Å². The average molecular weight is 369 g/mol. The second-order valence-electron chi connectivity index (χ2n) is 6.43. The van der Waals surface area contributed by atoms with Crippen molar-refractivity contribution in [3.8, 4) is 11.1 Å². The topological polar surface area (TPSA) is 94.8 Å². The lowest BCUT2D eigenvalue weighted by Crippen LogP contribution is -2.45. The molecule has 27 heavy (non-hydrogen) atoms. The second kappa shape index (κ2) is 8.75. The Morgan fingerprint density at radius 2 is 2.00 bits per heavy atom. The van der Waals surface area contributed by atoms with E-state index in [1.54, 1.807) is 31.5 Å². The minimum atomic E-state index is -0.522. The van der Waals surface area contributed by atoms with Crippen LogP contribution in [-0.4, -0.2) is 61.2 Å². The van der Waals surface area contributed by atoms with Gasteiger partial charge in [0.25, 0.3) is 5.91 Å². The number of aromatic nitrogens is 1. The normalized spacial score (nSPS) is 16.9. The largest absolute Gasteiger partial charge is 0.385 e. The SMILES string of the molecule is COCC[C@@H]1CN(C(=O)c2ccc(-c3cncc(C(N)=O)c3)cc2)CCO1. The van der Waals surface area contributed by atoms with Gasteiger partial charge < -0.3 is 20.1 Å². The highest BCUT2D eigenvalue weighted by Gasteiger charge is 2.24. The number of nitrogens with two attached hydrogens (primary N) is 1. The summed E-state index contributed by atoms with van der Waals surface area (Å²) in [5.41, 5.74) is 7.90. The van der Waals surface area contributed by atoms with Gasteiger partial charge in [0.05, 0.1) is 18.3 Å². The lowest BCUT2D eigenvalue weighted by atomic mass is 10.0. The molecular weight excluding hydrogens is 346 g/mol. The number of primary amides is 1. The first kappa shape index (κ1) is 19.0.